The van der Waals surface area contributed by atoms with Gasteiger partial charge in [0.05, 0.1) is 5.02 Å². The van der Waals surface area contributed by atoms with Crippen molar-refractivity contribution in [1.82, 2.24) is 5.16 Å². The van der Waals surface area contributed by atoms with E-state index in [4.69, 9.17) is 16.1 Å². The number of nitrogens with zero attached hydrogens (tertiary/aromatic N) is 2. The molecule has 32 heavy (non-hydrogen) atoms. The lowest BCUT2D eigenvalue weighted by molar-refractivity contribution is 0.0990. The predicted octanol–water partition coefficient (Wildman–Crippen LogP) is 5.83. The second-order valence-corrected chi connectivity index (χ2v) is 7.58. The molecule has 1 aromatic heterocycles. The van der Waals surface area contributed by atoms with Crippen LogP contribution in [0.1, 0.15) is 26.5 Å². The number of benzene rings is 3. The average molecular weight is 446 g/mol. The Bertz CT molecular complexity index is 1270. The first-order chi connectivity index (χ1) is 15.5. The summed E-state index contributed by atoms with van der Waals surface area (Å²) in [6.45, 7) is 1.68. The Balaban J connectivity index is 1.53. The molecule has 0 fully saturated rings. The number of hydrogen-bond acceptors (Lipinski definition) is 4. The minimum atomic E-state index is -0.361. The van der Waals surface area contributed by atoms with Gasteiger partial charge in [-0.2, -0.15) is 0 Å². The van der Waals surface area contributed by atoms with Crippen LogP contribution in [0.5, 0.6) is 0 Å². The standard InChI is InChI=1S/C25H20ClN3O3/c1-16-22(23(28-32-16)20-10-6-7-11-21(20)26)24(30)27-18-12-14-19(15-13-18)29(2)25(31)17-8-4-3-5-9-17/h3-15H,1-2H3,(H,27,30). The van der Waals surface area contributed by atoms with E-state index in [2.05, 4.69) is 10.5 Å². The molecule has 0 aliphatic heterocycles. The van der Waals surface area contributed by atoms with Gasteiger partial charge in [-0.05, 0) is 49.4 Å². The number of amides is 2. The number of aryl methyl sites for hydroxylation is 1. The second kappa shape index (κ2) is 9.08. The van der Waals surface area contributed by atoms with Crippen LogP contribution < -0.4 is 10.2 Å². The second-order valence-electron chi connectivity index (χ2n) is 7.17. The molecule has 0 spiro atoms. The van der Waals surface area contributed by atoms with Gasteiger partial charge in [0.25, 0.3) is 11.8 Å². The Morgan fingerprint density at radius 3 is 2.28 bits per heavy atom. The summed E-state index contributed by atoms with van der Waals surface area (Å²) in [4.78, 5) is 27.2. The van der Waals surface area contributed by atoms with Crippen molar-refractivity contribution in [1.29, 1.82) is 0 Å². The van der Waals surface area contributed by atoms with Gasteiger partial charge < -0.3 is 14.7 Å². The summed E-state index contributed by atoms with van der Waals surface area (Å²) in [5.74, 6) is -0.0887. The van der Waals surface area contributed by atoms with Gasteiger partial charge in [-0.1, -0.05) is 53.2 Å². The molecule has 0 saturated heterocycles. The van der Waals surface area contributed by atoms with Crippen molar-refractivity contribution in [2.24, 2.45) is 0 Å². The number of nitrogens with one attached hydrogen (secondary N) is 1. The van der Waals surface area contributed by atoms with Crippen LogP contribution in [0.25, 0.3) is 11.3 Å². The van der Waals surface area contributed by atoms with Crippen molar-refractivity contribution in [2.75, 3.05) is 17.3 Å². The van der Waals surface area contributed by atoms with Crippen LogP contribution in [0.2, 0.25) is 5.02 Å². The minimum absolute atomic E-state index is 0.119. The maximum Gasteiger partial charge on any atom is 0.261 e. The third kappa shape index (κ3) is 4.26. The van der Waals surface area contributed by atoms with Crippen LogP contribution in [-0.2, 0) is 0 Å². The lowest BCUT2D eigenvalue weighted by Gasteiger charge is -2.18. The van der Waals surface area contributed by atoms with E-state index >= 15 is 0 Å². The fourth-order valence-corrected chi connectivity index (χ4v) is 3.56. The Labute approximate surface area is 190 Å². The van der Waals surface area contributed by atoms with E-state index in [0.29, 0.717) is 44.5 Å². The van der Waals surface area contributed by atoms with Crippen molar-refractivity contribution in [3.8, 4) is 11.3 Å². The van der Waals surface area contributed by atoms with E-state index in [1.165, 1.54) is 0 Å². The fraction of sp³-hybridized carbons (Fsp3) is 0.0800. The molecule has 0 atom stereocenters. The zero-order valence-corrected chi connectivity index (χ0v) is 18.3. The molecule has 160 valence electrons. The number of aromatic nitrogens is 1. The van der Waals surface area contributed by atoms with Crippen LogP contribution >= 0.6 is 11.6 Å². The molecule has 3 aromatic carbocycles. The van der Waals surface area contributed by atoms with Gasteiger partial charge >= 0.3 is 0 Å². The van der Waals surface area contributed by atoms with E-state index in [1.807, 2.05) is 24.3 Å². The van der Waals surface area contributed by atoms with Crippen LogP contribution in [0.3, 0.4) is 0 Å². The summed E-state index contributed by atoms with van der Waals surface area (Å²) >= 11 is 6.28. The molecule has 0 aliphatic carbocycles. The summed E-state index contributed by atoms with van der Waals surface area (Å²) in [6.07, 6.45) is 0. The summed E-state index contributed by atoms with van der Waals surface area (Å²) in [7, 11) is 1.71. The minimum Gasteiger partial charge on any atom is -0.360 e. The number of halogens is 1. The molecule has 0 radical (unpaired) electrons. The first-order valence-corrected chi connectivity index (χ1v) is 10.3. The predicted molar refractivity (Wildman–Crippen MR) is 125 cm³/mol. The highest BCUT2D eigenvalue weighted by Gasteiger charge is 2.23. The van der Waals surface area contributed by atoms with Crippen LogP contribution in [-0.4, -0.2) is 24.0 Å². The molecule has 1 N–H and O–H groups in total. The summed E-state index contributed by atoms with van der Waals surface area (Å²) < 4.78 is 5.27. The molecule has 4 aromatic rings. The highest BCUT2D eigenvalue weighted by atomic mass is 35.5. The maximum atomic E-state index is 13.0. The van der Waals surface area contributed by atoms with Crippen LogP contribution in [0, 0.1) is 6.92 Å². The quantitative estimate of drug-likeness (QED) is 0.419. The molecule has 0 bridgehead atoms. The van der Waals surface area contributed by atoms with Crippen LogP contribution in [0.4, 0.5) is 11.4 Å². The number of carbonyl (C=O) groups is 2. The van der Waals surface area contributed by atoms with Crippen molar-refractivity contribution in [3.63, 3.8) is 0 Å². The highest BCUT2D eigenvalue weighted by molar-refractivity contribution is 6.33. The van der Waals surface area contributed by atoms with Gasteiger partial charge in [0.15, 0.2) is 0 Å². The molecule has 6 nitrogen and oxygen atoms in total. The molecular formula is C25H20ClN3O3. The van der Waals surface area contributed by atoms with Gasteiger partial charge in [-0.25, -0.2) is 0 Å². The van der Waals surface area contributed by atoms with E-state index in [9.17, 15) is 9.59 Å². The monoisotopic (exact) mass is 445 g/mol. The lowest BCUT2D eigenvalue weighted by Crippen LogP contribution is -2.26. The van der Waals surface area contributed by atoms with Crippen molar-refractivity contribution in [3.05, 3.63) is 101 Å². The van der Waals surface area contributed by atoms with Crippen molar-refractivity contribution >= 4 is 34.8 Å². The van der Waals surface area contributed by atoms with E-state index < -0.39 is 0 Å². The van der Waals surface area contributed by atoms with Gasteiger partial charge in [0.2, 0.25) is 0 Å². The lowest BCUT2D eigenvalue weighted by atomic mass is 10.1. The first-order valence-electron chi connectivity index (χ1n) is 9.91. The van der Waals surface area contributed by atoms with Gasteiger partial charge in [0.1, 0.15) is 17.0 Å². The third-order valence-corrected chi connectivity index (χ3v) is 5.39. The van der Waals surface area contributed by atoms with Crippen molar-refractivity contribution in [2.45, 2.75) is 6.92 Å². The van der Waals surface area contributed by atoms with Crippen LogP contribution in [0.15, 0.2) is 83.4 Å². The average Bonchev–Trinajstić information content (AvgIpc) is 3.20. The summed E-state index contributed by atoms with van der Waals surface area (Å²) in [5.41, 5.74) is 3.20. The first kappa shape index (κ1) is 21.3. The Kier molecular flexibility index (Phi) is 6.05. The highest BCUT2D eigenvalue weighted by Crippen LogP contribution is 2.31. The molecule has 4 rings (SSSR count). The van der Waals surface area contributed by atoms with Crippen molar-refractivity contribution < 1.29 is 14.1 Å². The summed E-state index contributed by atoms with van der Waals surface area (Å²) in [5, 5.41) is 7.36. The number of anilines is 2. The fourth-order valence-electron chi connectivity index (χ4n) is 3.33. The molecule has 0 unspecified atom stereocenters. The Hall–Kier alpha value is -3.90. The number of carbonyl (C=O) groups excluding carboxylic acids is 2. The van der Waals surface area contributed by atoms with Gasteiger partial charge in [0, 0.05) is 29.5 Å². The smallest absolute Gasteiger partial charge is 0.261 e. The zero-order chi connectivity index (χ0) is 22.7. The normalized spacial score (nSPS) is 10.6. The number of hydrogen-bond donors (Lipinski definition) is 1. The summed E-state index contributed by atoms with van der Waals surface area (Å²) in [6, 6.07) is 23.2. The Morgan fingerprint density at radius 1 is 0.938 bits per heavy atom. The van der Waals surface area contributed by atoms with E-state index in [-0.39, 0.29) is 11.8 Å². The molecule has 1 heterocycles. The van der Waals surface area contributed by atoms with E-state index in [1.54, 1.807) is 73.5 Å². The topological polar surface area (TPSA) is 75.4 Å². The van der Waals surface area contributed by atoms with E-state index in [0.717, 1.165) is 0 Å². The zero-order valence-electron chi connectivity index (χ0n) is 17.5. The SMILES string of the molecule is Cc1onc(-c2ccccc2Cl)c1C(=O)Nc1ccc(N(C)C(=O)c2ccccc2)cc1. The molecule has 2 amide bonds. The largest absolute Gasteiger partial charge is 0.360 e. The molecule has 0 aliphatic rings. The molecule has 7 heteroatoms. The molecule has 0 saturated carbocycles. The van der Waals surface area contributed by atoms with Gasteiger partial charge in [-0.15, -0.1) is 0 Å². The number of rotatable bonds is 5. The Morgan fingerprint density at radius 2 is 1.59 bits per heavy atom. The van der Waals surface area contributed by atoms with Gasteiger partial charge in [-0.3, -0.25) is 9.59 Å². The molecular weight excluding hydrogens is 426 g/mol. The third-order valence-electron chi connectivity index (χ3n) is 5.06. The maximum absolute atomic E-state index is 13.0.